The number of likely N-dealkylation sites (tertiary alicyclic amines) is 1. The van der Waals surface area contributed by atoms with Crippen LogP contribution >= 0.6 is 0 Å². The monoisotopic (exact) mass is 349 g/mol. The van der Waals surface area contributed by atoms with Gasteiger partial charge in [0.05, 0.1) is 13.7 Å². The van der Waals surface area contributed by atoms with E-state index in [0.717, 1.165) is 17.2 Å². The maximum absolute atomic E-state index is 12.8. The molecule has 3 aromatic rings. The first-order chi connectivity index (χ1) is 12.7. The minimum Gasteiger partial charge on any atom is -0.477 e. The third-order valence-corrected chi connectivity index (χ3v) is 4.53. The average Bonchev–Trinajstić information content (AvgIpc) is 3.16. The van der Waals surface area contributed by atoms with Gasteiger partial charge < -0.3 is 14.4 Å². The van der Waals surface area contributed by atoms with Crippen molar-refractivity contribution in [3.8, 4) is 11.8 Å². The minimum atomic E-state index is -0.120. The van der Waals surface area contributed by atoms with Crippen molar-refractivity contribution >= 4 is 16.7 Å². The lowest BCUT2D eigenvalue weighted by molar-refractivity contribution is 0.0770. The topological polar surface area (TPSA) is 64.6 Å². The van der Waals surface area contributed by atoms with Crippen LogP contribution in [0.4, 0.5) is 0 Å². The number of methoxy groups -OCH3 is 1. The van der Waals surface area contributed by atoms with E-state index in [0.29, 0.717) is 30.4 Å². The fraction of sp³-hybridized carbons (Fsp3) is 0.250. The van der Waals surface area contributed by atoms with Crippen LogP contribution in [-0.4, -0.2) is 47.1 Å². The molecule has 0 aliphatic carbocycles. The van der Waals surface area contributed by atoms with Gasteiger partial charge in [-0.3, -0.25) is 4.79 Å². The number of hydrogen-bond donors (Lipinski definition) is 0. The summed E-state index contributed by atoms with van der Waals surface area (Å²) in [7, 11) is 1.53. The van der Waals surface area contributed by atoms with Gasteiger partial charge in [-0.15, -0.1) is 0 Å². The van der Waals surface area contributed by atoms with Gasteiger partial charge >= 0.3 is 0 Å². The van der Waals surface area contributed by atoms with E-state index in [9.17, 15) is 4.79 Å². The Labute approximate surface area is 151 Å². The van der Waals surface area contributed by atoms with Crippen LogP contribution in [0.25, 0.3) is 10.8 Å². The Balaban J connectivity index is 1.46. The number of fused-ring (bicyclic) bond motifs is 1. The van der Waals surface area contributed by atoms with E-state index in [1.54, 1.807) is 12.4 Å². The van der Waals surface area contributed by atoms with Gasteiger partial charge in [0, 0.05) is 30.9 Å². The highest BCUT2D eigenvalue weighted by Gasteiger charge is 2.29. The predicted octanol–water partition coefficient (Wildman–Crippen LogP) is 2.93. The normalized spacial score (nSPS) is 16.7. The molecule has 26 heavy (non-hydrogen) atoms. The van der Waals surface area contributed by atoms with Gasteiger partial charge in [-0.1, -0.05) is 30.3 Å². The Kier molecular flexibility index (Phi) is 4.39. The molecule has 0 spiro atoms. The van der Waals surface area contributed by atoms with Gasteiger partial charge in [0.15, 0.2) is 0 Å². The van der Waals surface area contributed by atoms with Crippen LogP contribution in [0.15, 0.2) is 54.9 Å². The third-order valence-electron chi connectivity index (χ3n) is 4.53. The van der Waals surface area contributed by atoms with Gasteiger partial charge in [0.2, 0.25) is 0 Å². The van der Waals surface area contributed by atoms with Crippen molar-refractivity contribution in [3.63, 3.8) is 0 Å². The summed E-state index contributed by atoms with van der Waals surface area (Å²) >= 11 is 0. The molecule has 1 unspecified atom stereocenters. The quantitative estimate of drug-likeness (QED) is 0.725. The molecule has 2 aromatic carbocycles. The van der Waals surface area contributed by atoms with Gasteiger partial charge in [-0.05, 0) is 22.9 Å². The number of aromatic nitrogens is 2. The Bertz CT molecular complexity index is 944. The van der Waals surface area contributed by atoms with E-state index in [1.165, 1.54) is 7.11 Å². The maximum atomic E-state index is 12.8. The van der Waals surface area contributed by atoms with Crippen LogP contribution in [0.5, 0.6) is 11.8 Å². The summed E-state index contributed by atoms with van der Waals surface area (Å²) < 4.78 is 11.1. The first kappa shape index (κ1) is 16.3. The van der Waals surface area contributed by atoms with Crippen LogP contribution in [-0.2, 0) is 0 Å². The molecule has 1 aromatic heterocycles. The van der Waals surface area contributed by atoms with Crippen molar-refractivity contribution in [2.75, 3.05) is 20.2 Å². The SMILES string of the molecule is COc1nccnc1OC1CCN(C(=O)c2ccc3ccccc3c2)C1. The summed E-state index contributed by atoms with van der Waals surface area (Å²) in [6.07, 6.45) is 3.74. The zero-order valence-corrected chi connectivity index (χ0v) is 14.5. The van der Waals surface area contributed by atoms with Crippen LogP contribution in [0.1, 0.15) is 16.8 Å². The smallest absolute Gasteiger partial charge is 0.278 e. The maximum Gasteiger partial charge on any atom is 0.278 e. The van der Waals surface area contributed by atoms with E-state index in [2.05, 4.69) is 9.97 Å². The highest BCUT2D eigenvalue weighted by Crippen LogP contribution is 2.25. The van der Waals surface area contributed by atoms with Crippen molar-refractivity contribution in [1.82, 2.24) is 14.9 Å². The number of carbonyl (C=O) groups is 1. The first-order valence-electron chi connectivity index (χ1n) is 8.54. The fourth-order valence-electron chi connectivity index (χ4n) is 3.21. The van der Waals surface area contributed by atoms with Crippen molar-refractivity contribution in [3.05, 3.63) is 60.4 Å². The molecular formula is C20H19N3O3. The number of benzene rings is 2. The summed E-state index contributed by atoms with van der Waals surface area (Å²) in [5.74, 6) is 0.736. The second-order valence-corrected chi connectivity index (χ2v) is 6.21. The average molecular weight is 349 g/mol. The van der Waals surface area contributed by atoms with Crippen LogP contribution < -0.4 is 9.47 Å². The molecule has 1 fully saturated rings. The predicted molar refractivity (Wildman–Crippen MR) is 97.5 cm³/mol. The Hall–Kier alpha value is -3.15. The summed E-state index contributed by atoms with van der Waals surface area (Å²) in [4.78, 5) is 22.9. The van der Waals surface area contributed by atoms with Gasteiger partial charge in [-0.2, -0.15) is 0 Å². The molecule has 1 saturated heterocycles. The number of ether oxygens (including phenoxy) is 2. The van der Waals surface area contributed by atoms with E-state index >= 15 is 0 Å². The molecule has 2 heterocycles. The molecule has 0 radical (unpaired) electrons. The van der Waals surface area contributed by atoms with E-state index in [-0.39, 0.29) is 12.0 Å². The summed E-state index contributed by atoms with van der Waals surface area (Å²) in [5.41, 5.74) is 0.696. The lowest BCUT2D eigenvalue weighted by atomic mass is 10.1. The van der Waals surface area contributed by atoms with Crippen molar-refractivity contribution in [1.29, 1.82) is 0 Å². The Morgan fingerprint density at radius 1 is 1.08 bits per heavy atom. The van der Waals surface area contributed by atoms with Gasteiger partial charge in [-0.25, -0.2) is 9.97 Å². The molecule has 1 aliphatic rings. The second kappa shape index (κ2) is 7.00. The molecule has 4 rings (SSSR count). The van der Waals surface area contributed by atoms with E-state index < -0.39 is 0 Å². The highest BCUT2D eigenvalue weighted by atomic mass is 16.5. The van der Waals surface area contributed by atoms with Gasteiger partial charge in [0.25, 0.3) is 17.7 Å². The molecule has 6 heteroatoms. The molecule has 6 nitrogen and oxygen atoms in total. The Morgan fingerprint density at radius 2 is 1.85 bits per heavy atom. The highest BCUT2D eigenvalue weighted by molar-refractivity contribution is 5.98. The van der Waals surface area contributed by atoms with Crippen molar-refractivity contribution < 1.29 is 14.3 Å². The zero-order valence-electron chi connectivity index (χ0n) is 14.5. The molecule has 0 N–H and O–H groups in total. The standard InChI is InChI=1S/C20H19N3O3/c1-25-18-19(22-10-9-21-18)26-17-8-11-23(13-17)20(24)16-7-6-14-4-2-3-5-15(14)12-16/h2-7,9-10,12,17H,8,11,13H2,1H3. The first-order valence-corrected chi connectivity index (χ1v) is 8.54. The molecule has 0 bridgehead atoms. The van der Waals surface area contributed by atoms with Crippen LogP contribution in [0.3, 0.4) is 0 Å². The summed E-state index contributed by atoms with van der Waals surface area (Å²) in [5, 5.41) is 2.19. The molecule has 132 valence electrons. The second-order valence-electron chi connectivity index (χ2n) is 6.21. The number of rotatable bonds is 4. The minimum absolute atomic E-state index is 0.0213. The van der Waals surface area contributed by atoms with E-state index in [1.807, 2.05) is 47.4 Å². The lowest BCUT2D eigenvalue weighted by Crippen LogP contribution is -2.31. The number of hydrogen-bond acceptors (Lipinski definition) is 5. The van der Waals surface area contributed by atoms with Crippen LogP contribution in [0.2, 0.25) is 0 Å². The summed E-state index contributed by atoms with van der Waals surface area (Å²) in [6.45, 7) is 1.17. The largest absolute Gasteiger partial charge is 0.477 e. The molecule has 1 atom stereocenters. The molecule has 1 amide bonds. The molecule has 1 aliphatic heterocycles. The number of carbonyl (C=O) groups excluding carboxylic acids is 1. The van der Waals surface area contributed by atoms with Crippen LogP contribution in [0, 0.1) is 0 Å². The lowest BCUT2D eigenvalue weighted by Gasteiger charge is -2.17. The number of nitrogens with zero attached hydrogens (tertiary/aromatic N) is 3. The Morgan fingerprint density at radius 3 is 2.65 bits per heavy atom. The molecular weight excluding hydrogens is 330 g/mol. The third kappa shape index (κ3) is 3.18. The van der Waals surface area contributed by atoms with Crippen molar-refractivity contribution in [2.45, 2.75) is 12.5 Å². The van der Waals surface area contributed by atoms with Gasteiger partial charge in [0.1, 0.15) is 6.10 Å². The summed E-state index contributed by atoms with van der Waals surface area (Å²) in [6, 6.07) is 13.8. The zero-order chi connectivity index (χ0) is 17.9. The van der Waals surface area contributed by atoms with E-state index in [4.69, 9.17) is 9.47 Å². The fourth-order valence-corrected chi connectivity index (χ4v) is 3.21. The number of amides is 1. The molecule has 0 saturated carbocycles. The van der Waals surface area contributed by atoms with Crippen molar-refractivity contribution in [2.24, 2.45) is 0 Å².